The van der Waals surface area contributed by atoms with E-state index in [2.05, 4.69) is 221 Å². The maximum absolute atomic E-state index is 5.37. The Morgan fingerprint density at radius 2 is 1.34 bits per heavy atom. The third-order valence-electron chi connectivity index (χ3n) is 14.0. The van der Waals surface area contributed by atoms with E-state index in [1.54, 1.807) is 0 Å². The molecule has 3 aliphatic carbocycles. The number of rotatable bonds is 5. The van der Waals surface area contributed by atoms with Crippen LogP contribution in [0.25, 0.3) is 39.5 Å². The first-order valence-corrected chi connectivity index (χ1v) is 21.0. The van der Waals surface area contributed by atoms with Crippen LogP contribution in [0.5, 0.6) is 0 Å². The van der Waals surface area contributed by atoms with Crippen LogP contribution in [0.3, 0.4) is 0 Å². The summed E-state index contributed by atoms with van der Waals surface area (Å²) < 4.78 is 0. The van der Waals surface area contributed by atoms with Crippen molar-refractivity contribution >= 4 is 17.1 Å². The molecule has 0 bridgehead atoms. The Morgan fingerprint density at radius 1 is 0.627 bits per heavy atom. The minimum atomic E-state index is -0.241. The average molecular weight is 765 g/mol. The number of fused-ring (bicyclic) bond motifs is 7. The van der Waals surface area contributed by atoms with Gasteiger partial charge in [-0.2, -0.15) is 0 Å². The normalized spacial score (nSPS) is 24.2. The highest BCUT2D eigenvalue weighted by Gasteiger charge is 2.54. The van der Waals surface area contributed by atoms with Crippen molar-refractivity contribution in [3.63, 3.8) is 0 Å². The number of likely N-dealkylation sites (N-methyl/N-ethyl adjacent to an activating group) is 1. The summed E-state index contributed by atoms with van der Waals surface area (Å²) in [5, 5.41) is 0. The van der Waals surface area contributed by atoms with Crippen molar-refractivity contribution in [2.45, 2.75) is 57.0 Å². The predicted octanol–water partition coefficient (Wildman–Crippen LogP) is 12.8. The zero-order valence-electron chi connectivity index (χ0n) is 34.4. The molecule has 0 saturated carbocycles. The molecule has 11 rings (SSSR count). The van der Waals surface area contributed by atoms with Crippen molar-refractivity contribution in [3.8, 4) is 33.8 Å². The summed E-state index contributed by atoms with van der Waals surface area (Å²) in [7, 11) is 2.26. The number of para-hydroxylation sites is 2. The fourth-order valence-corrected chi connectivity index (χ4v) is 10.7. The summed E-state index contributed by atoms with van der Waals surface area (Å²) in [6.45, 7) is 9.40. The van der Waals surface area contributed by atoms with Gasteiger partial charge in [-0.25, -0.2) is 9.97 Å². The summed E-state index contributed by atoms with van der Waals surface area (Å²) in [6, 6.07) is 47.1. The van der Waals surface area contributed by atoms with Crippen LogP contribution in [0.1, 0.15) is 68.1 Å². The molecular weight excluding hydrogens is 717 g/mol. The van der Waals surface area contributed by atoms with E-state index in [0.717, 1.165) is 34.8 Å². The second-order valence-corrected chi connectivity index (χ2v) is 17.9. The van der Waals surface area contributed by atoms with Gasteiger partial charge in [0.1, 0.15) is 0 Å². The Balaban J connectivity index is 1.04. The summed E-state index contributed by atoms with van der Waals surface area (Å²) in [6.07, 6.45) is 19.0. The minimum Gasteiger partial charge on any atom is -0.363 e. The molecule has 0 saturated heterocycles. The molecule has 2 aliphatic heterocycles. The van der Waals surface area contributed by atoms with Gasteiger partial charge in [0.25, 0.3) is 0 Å². The number of aromatic nitrogens is 2. The van der Waals surface area contributed by atoms with E-state index in [4.69, 9.17) is 9.97 Å². The van der Waals surface area contributed by atoms with Gasteiger partial charge < -0.3 is 9.80 Å². The lowest BCUT2D eigenvalue weighted by Crippen LogP contribution is -2.40. The highest BCUT2D eigenvalue weighted by molar-refractivity contribution is 5.95. The van der Waals surface area contributed by atoms with Gasteiger partial charge in [0.05, 0.1) is 29.2 Å². The molecule has 4 nitrogen and oxygen atoms in total. The van der Waals surface area contributed by atoms with E-state index in [1.165, 1.54) is 56.0 Å². The third-order valence-corrected chi connectivity index (χ3v) is 14.0. The Labute approximate surface area is 348 Å². The van der Waals surface area contributed by atoms with E-state index < -0.39 is 0 Å². The quantitative estimate of drug-likeness (QED) is 0.175. The van der Waals surface area contributed by atoms with Gasteiger partial charge >= 0.3 is 0 Å². The largest absolute Gasteiger partial charge is 0.363 e. The predicted molar refractivity (Wildman–Crippen MR) is 244 cm³/mol. The molecule has 6 aromatic rings. The molecule has 4 heteroatoms. The van der Waals surface area contributed by atoms with Crippen LogP contribution >= 0.6 is 0 Å². The van der Waals surface area contributed by atoms with E-state index in [1.807, 2.05) is 0 Å². The van der Waals surface area contributed by atoms with Crippen LogP contribution in [0, 0.1) is 5.41 Å². The smallest absolute Gasteiger partial charge is 0.160 e. The molecule has 0 amide bonds. The van der Waals surface area contributed by atoms with Gasteiger partial charge in [0.2, 0.25) is 0 Å². The maximum Gasteiger partial charge on any atom is 0.160 e. The molecule has 0 fully saturated rings. The van der Waals surface area contributed by atoms with Crippen LogP contribution in [0.2, 0.25) is 0 Å². The summed E-state index contributed by atoms with van der Waals surface area (Å²) in [5.41, 5.74) is 16.6. The van der Waals surface area contributed by atoms with Gasteiger partial charge in [-0.1, -0.05) is 166 Å². The molecule has 1 aromatic heterocycles. The molecule has 288 valence electrons. The molecule has 0 radical (unpaired) electrons. The lowest BCUT2D eigenvalue weighted by atomic mass is 9.70. The zero-order chi connectivity index (χ0) is 40.1. The Morgan fingerprint density at radius 3 is 2.14 bits per heavy atom. The number of anilines is 2. The molecular formula is C55H48N4. The standard InChI is InChI=1S/C55H48N4/c1-53(2)43-22-12-10-20-40(43)41-30-29-38(34-44(41)53)45-35-47(54(3)31-15-7-16-32-54)57-52(56-45)37-27-25-36(26-28-37)50-49-51(42-21-11-13-23-46(42)58(50)5)59(39-18-8-6-9-19-39)48-24-14-17-33-55(48,49)4/h6-31,33-35,48,50H,32H2,1-5H3. The van der Waals surface area contributed by atoms with Gasteiger partial charge in [-0.15, -0.1) is 0 Å². The first kappa shape index (κ1) is 35.6. The van der Waals surface area contributed by atoms with E-state index in [9.17, 15) is 0 Å². The SMILES string of the molecule is CN1c2ccccc2C2=C(C1c1ccc(-c3nc(-c4ccc5c(c4)C(C)(C)c4ccccc4-5)cc(C4(C)C=CC=CC4)n3)cc1)C1(C)C=CC=CC1N2c1ccccc1. The second kappa shape index (κ2) is 13.0. The monoisotopic (exact) mass is 764 g/mol. The Hall–Kier alpha value is -6.52. The van der Waals surface area contributed by atoms with Gasteiger partial charge in [0, 0.05) is 51.4 Å². The second-order valence-electron chi connectivity index (χ2n) is 17.9. The van der Waals surface area contributed by atoms with Crippen molar-refractivity contribution < 1.29 is 0 Å². The topological polar surface area (TPSA) is 32.3 Å². The summed E-state index contributed by atoms with van der Waals surface area (Å²) >= 11 is 0. The summed E-state index contributed by atoms with van der Waals surface area (Å²) in [4.78, 5) is 15.8. The summed E-state index contributed by atoms with van der Waals surface area (Å²) in [5.74, 6) is 0.752. The van der Waals surface area contributed by atoms with Crippen LogP contribution in [-0.2, 0) is 10.8 Å². The van der Waals surface area contributed by atoms with Crippen LogP contribution in [-0.4, -0.2) is 23.1 Å². The molecule has 59 heavy (non-hydrogen) atoms. The Bertz CT molecular complexity index is 2840. The molecule has 0 N–H and O–H groups in total. The molecule has 0 spiro atoms. The van der Waals surface area contributed by atoms with Crippen LogP contribution < -0.4 is 9.80 Å². The van der Waals surface area contributed by atoms with Gasteiger partial charge in [-0.3, -0.25) is 0 Å². The van der Waals surface area contributed by atoms with Crippen molar-refractivity contribution in [2.24, 2.45) is 5.41 Å². The zero-order valence-corrected chi connectivity index (χ0v) is 34.4. The lowest BCUT2D eigenvalue weighted by molar-refractivity contribution is 0.446. The van der Waals surface area contributed by atoms with E-state index >= 15 is 0 Å². The molecule has 4 atom stereocenters. The van der Waals surface area contributed by atoms with Crippen LogP contribution in [0.15, 0.2) is 182 Å². The molecule has 5 aliphatic rings. The lowest BCUT2D eigenvalue weighted by Gasteiger charge is -2.42. The number of benzene rings is 5. The van der Waals surface area contributed by atoms with E-state index in [0.29, 0.717) is 0 Å². The average Bonchev–Trinajstić information content (AvgIpc) is 3.68. The van der Waals surface area contributed by atoms with Crippen molar-refractivity contribution in [3.05, 3.63) is 210 Å². The third kappa shape index (κ3) is 5.28. The number of hydrogen-bond acceptors (Lipinski definition) is 4. The van der Waals surface area contributed by atoms with Gasteiger partial charge in [0.15, 0.2) is 5.82 Å². The highest BCUT2D eigenvalue weighted by Crippen LogP contribution is 2.61. The van der Waals surface area contributed by atoms with Gasteiger partial charge in [-0.05, 0) is 77.1 Å². The van der Waals surface area contributed by atoms with Crippen molar-refractivity contribution in [2.75, 3.05) is 16.8 Å². The minimum absolute atomic E-state index is 0.0195. The molecule has 4 unspecified atom stereocenters. The van der Waals surface area contributed by atoms with Crippen LogP contribution in [0.4, 0.5) is 11.4 Å². The highest BCUT2D eigenvalue weighted by atomic mass is 15.3. The van der Waals surface area contributed by atoms with Crippen molar-refractivity contribution in [1.82, 2.24) is 9.97 Å². The Kier molecular flexibility index (Phi) is 7.85. The number of nitrogens with zero attached hydrogens (tertiary/aromatic N) is 4. The first-order chi connectivity index (χ1) is 28.7. The molecule has 5 aromatic carbocycles. The van der Waals surface area contributed by atoms with Crippen molar-refractivity contribution in [1.29, 1.82) is 0 Å². The molecule has 3 heterocycles. The first-order valence-electron chi connectivity index (χ1n) is 21.0. The maximum atomic E-state index is 5.37. The number of hydrogen-bond donors (Lipinski definition) is 0. The van der Waals surface area contributed by atoms with E-state index in [-0.39, 0.29) is 28.3 Å². The fourth-order valence-electron chi connectivity index (χ4n) is 10.7. The number of allylic oxidation sites excluding steroid dienone is 6. The fraction of sp³-hybridized carbons (Fsp3) is 0.200.